The first-order valence-corrected chi connectivity index (χ1v) is 6.51. The molecule has 0 bridgehead atoms. The Hall–Kier alpha value is -0.750. The van der Waals surface area contributed by atoms with E-state index in [9.17, 15) is 13.2 Å². The van der Waals surface area contributed by atoms with Gasteiger partial charge in [-0.15, -0.1) is 11.6 Å². The highest BCUT2D eigenvalue weighted by Crippen LogP contribution is 2.25. The normalized spacial score (nSPS) is 12.3. The van der Waals surface area contributed by atoms with Crippen molar-refractivity contribution in [3.05, 3.63) is 28.5 Å². The molecular formula is C11H9BrClF3N2. The maximum Gasteiger partial charge on any atom is 0.390 e. The van der Waals surface area contributed by atoms with Crippen LogP contribution in [0.2, 0.25) is 0 Å². The second kappa shape index (κ2) is 5.09. The van der Waals surface area contributed by atoms with E-state index in [1.807, 2.05) is 0 Å². The zero-order valence-corrected chi connectivity index (χ0v) is 11.5. The third-order valence-corrected chi connectivity index (χ3v) is 3.26. The van der Waals surface area contributed by atoms with E-state index in [1.165, 1.54) is 4.57 Å². The van der Waals surface area contributed by atoms with Gasteiger partial charge >= 0.3 is 6.18 Å². The summed E-state index contributed by atoms with van der Waals surface area (Å²) in [4.78, 5) is 4.22. The van der Waals surface area contributed by atoms with E-state index in [0.29, 0.717) is 16.9 Å². The van der Waals surface area contributed by atoms with Gasteiger partial charge in [-0.05, 0) is 18.2 Å². The molecule has 7 heteroatoms. The van der Waals surface area contributed by atoms with Gasteiger partial charge in [-0.3, -0.25) is 0 Å². The van der Waals surface area contributed by atoms with Gasteiger partial charge in [-0.1, -0.05) is 15.9 Å². The van der Waals surface area contributed by atoms with Gasteiger partial charge in [-0.25, -0.2) is 4.98 Å². The molecule has 0 fully saturated rings. The van der Waals surface area contributed by atoms with Crippen LogP contribution in [-0.2, 0) is 12.4 Å². The molecule has 2 nitrogen and oxygen atoms in total. The number of fused-ring (bicyclic) bond motifs is 1. The SMILES string of the molecule is FC(F)(F)CCn1c(CCl)nc2ccc(Br)cc21. The molecule has 0 aliphatic carbocycles. The summed E-state index contributed by atoms with van der Waals surface area (Å²) in [6.07, 6.45) is -5.08. The van der Waals surface area contributed by atoms with Crippen molar-refractivity contribution < 1.29 is 13.2 Å². The molecule has 0 spiro atoms. The van der Waals surface area contributed by atoms with Gasteiger partial charge in [0.05, 0.1) is 23.3 Å². The van der Waals surface area contributed by atoms with Gasteiger partial charge in [0.15, 0.2) is 0 Å². The zero-order chi connectivity index (χ0) is 13.3. The smallest absolute Gasteiger partial charge is 0.327 e. The van der Waals surface area contributed by atoms with Crippen LogP contribution >= 0.6 is 27.5 Å². The number of halogens is 5. The zero-order valence-electron chi connectivity index (χ0n) is 9.14. The molecule has 2 rings (SSSR count). The summed E-state index contributed by atoms with van der Waals surface area (Å²) < 4.78 is 39.2. The van der Waals surface area contributed by atoms with Crippen LogP contribution in [0.15, 0.2) is 22.7 Å². The van der Waals surface area contributed by atoms with Crippen LogP contribution in [-0.4, -0.2) is 15.7 Å². The second-order valence-corrected chi connectivity index (χ2v) is 4.99. The van der Waals surface area contributed by atoms with Crippen LogP contribution in [0.3, 0.4) is 0 Å². The van der Waals surface area contributed by atoms with Gasteiger partial charge in [0.2, 0.25) is 0 Å². The van der Waals surface area contributed by atoms with E-state index in [2.05, 4.69) is 20.9 Å². The summed E-state index contributed by atoms with van der Waals surface area (Å²) in [5, 5.41) is 0. The van der Waals surface area contributed by atoms with Gasteiger partial charge in [-0.2, -0.15) is 13.2 Å². The molecule has 2 aromatic rings. The van der Waals surface area contributed by atoms with E-state index in [1.54, 1.807) is 18.2 Å². The number of benzene rings is 1. The molecule has 0 radical (unpaired) electrons. The predicted octanol–water partition coefficient (Wildman–Crippen LogP) is 4.49. The fourth-order valence-electron chi connectivity index (χ4n) is 1.74. The maximum atomic E-state index is 12.3. The van der Waals surface area contributed by atoms with Crippen molar-refractivity contribution in [1.82, 2.24) is 9.55 Å². The first-order chi connectivity index (χ1) is 8.40. The Balaban J connectivity index is 2.42. The molecule has 1 heterocycles. The van der Waals surface area contributed by atoms with Crippen molar-refractivity contribution in [2.45, 2.75) is 25.0 Å². The van der Waals surface area contributed by atoms with Crippen molar-refractivity contribution in [1.29, 1.82) is 0 Å². The highest BCUT2D eigenvalue weighted by atomic mass is 79.9. The molecule has 0 atom stereocenters. The highest BCUT2D eigenvalue weighted by Gasteiger charge is 2.27. The minimum Gasteiger partial charge on any atom is -0.327 e. The number of aryl methyl sites for hydroxylation is 1. The van der Waals surface area contributed by atoms with Crippen LogP contribution in [0, 0.1) is 0 Å². The predicted molar refractivity (Wildman–Crippen MR) is 67.7 cm³/mol. The Morgan fingerprint density at radius 1 is 1.33 bits per heavy atom. The van der Waals surface area contributed by atoms with Crippen molar-refractivity contribution in [3.8, 4) is 0 Å². The molecule has 0 aliphatic heterocycles. The fraction of sp³-hybridized carbons (Fsp3) is 0.364. The Morgan fingerprint density at radius 2 is 2.06 bits per heavy atom. The lowest BCUT2D eigenvalue weighted by molar-refractivity contribution is -0.136. The molecule has 0 amide bonds. The number of nitrogens with zero attached hydrogens (tertiary/aromatic N) is 2. The van der Waals surface area contributed by atoms with E-state index >= 15 is 0 Å². The summed E-state index contributed by atoms with van der Waals surface area (Å²) in [7, 11) is 0. The van der Waals surface area contributed by atoms with Crippen LogP contribution in [0.25, 0.3) is 11.0 Å². The number of imidazole rings is 1. The number of hydrogen-bond donors (Lipinski definition) is 0. The third-order valence-electron chi connectivity index (χ3n) is 2.53. The Morgan fingerprint density at radius 3 is 2.67 bits per heavy atom. The van der Waals surface area contributed by atoms with Crippen LogP contribution in [0.4, 0.5) is 13.2 Å². The minimum absolute atomic E-state index is 0.0875. The summed E-state index contributed by atoms with van der Waals surface area (Å²) >= 11 is 9.01. The summed E-state index contributed by atoms with van der Waals surface area (Å²) in [6.45, 7) is -0.168. The Bertz CT molecular complexity index is 565. The first-order valence-electron chi connectivity index (χ1n) is 5.18. The van der Waals surface area contributed by atoms with E-state index in [0.717, 1.165) is 4.47 Å². The first kappa shape index (κ1) is 13.7. The fourth-order valence-corrected chi connectivity index (χ4v) is 2.29. The number of aromatic nitrogens is 2. The largest absolute Gasteiger partial charge is 0.390 e. The highest BCUT2D eigenvalue weighted by molar-refractivity contribution is 9.10. The topological polar surface area (TPSA) is 17.8 Å². The molecule has 1 aromatic carbocycles. The lowest BCUT2D eigenvalue weighted by Crippen LogP contribution is -2.13. The third kappa shape index (κ3) is 2.98. The molecule has 98 valence electrons. The summed E-state index contributed by atoms with van der Waals surface area (Å²) in [6, 6.07) is 5.29. The van der Waals surface area contributed by atoms with Crippen molar-refractivity contribution >= 4 is 38.6 Å². The number of hydrogen-bond acceptors (Lipinski definition) is 1. The van der Waals surface area contributed by atoms with Crippen molar-refractivity contribution in [2.75, 3.05) is 0 Å². The molecule has 1 aromatic heterocycles. The lowest BCUT2D eigenvalue weighted by atomic mass is 10.3. The summed E-state index contributed by atoms with van der Waals surface area (Å²) in [5.74, 6) is 0.540. The van der Waals surface area contributed by atoms with Crippen LogP contribution in [0.1, 0.15) is 12.2 Å². The van der Waals surface area contributed by atoms with Gasteiger partial charge in [0.1, 0.15) is 5.82 Å². The summed E-state index contributed by atoms with van der Waals surface area (Å²) in [5.41, 5.74) is 1.31. The molecule has 0 N–H and O–H groups in total. The lowest BCUT2D eigenvalue weighted by Gasteiger charge is -2.10. The minimum atomic E-state index is -4.19. The monoisotopic (exact) mass is 340 g/mol. The number of alkyl halides is 4. The average Bonchev–Trinajstić information content (AvgIpc) is 2.62. The average molecular weight is 342 g/mol. The van der Waals surface area contributed by atoms with E-state index < -0.39 is 12.6 Å². The standard InChI is InChI=1S/C11H9BrClF3N2/c12-7-1-2-8-9(5-7)18(10(6-13)17-8)4-3-11(14,15)16/h1-2,5H,3-4,6H2. The quantitative estimate of drug-likeness (QED) is 0.752. The van der Waals surface area contributed by atoms with Crippen molar-refractivity contribution in [3.63, 3.8) is 0 Å². The molecule has 0 unspecified atom stereocenters. The van der Waals surface area contributed by atoms with Crippen LogP contribution < -0.4 is 0 Å². The molecule has 0 saturated heterocycles. The molecule has 0 aliphatic rings. The maximum absolute atomic E-state index is 12.3. The van der Waals surface area contributed by atoms with Crippen LogP contribution in [0.5, 0.6) is 0 Å². The number of rotatable bonds is 3. The molecular weight excluding hydrogens is 332 g/mol. The van der Waals surface area contributed by atoms with Gasteiger partial charge in [0.25, 0.3) is 0 Å². The molecule has 0 saturated carbocycles. The Labute approximate surface area is 115 Å². The van der Waals surface area contributed by atoms with E-state index in [-0.39, 0.29) is 12.4 Å². The van der Waals surface area contributed by atoms with E-state index in [4.69, 9.17) is 11.6 Å². The second-order valence-electron chi connectivity index (χ2n) is 3.81. The van der Waals surface area contributed by atoms with Gasteiger partial charge in [0, 0.05) is 11.0 Å². The molecule has 18 heavy (non-hydrogen) atoms. The van der Waals surface area contributed by atoms with Crippen molar-refractivity contribution in [2.24, 2.45) is 0 Å². The van der Waals surface area contributed by atoms with Gasteiger partial charge < -0.3 is 4.57 Å². The Kier molecular flexibility index (Phi) is 3.87.